The SMILES string of the molecule is O=Nc1cc(Cl)nc2[nH]cc(C3(C(F)(F)F)CC3)c12. The fourth-order valence-electron chi connectivity index (χ4n) is 2.36. The van der Waals surface area contributed by atoms with Gasteiger partial charge in [0.25, 0.3) is 0 Å². The largest absolute Gasteiger partial charge is 0.398 e. The van der Waals surface area contributed by atoms with Crippen LogP contribution >= 0.6 is 11.6 Å². The molecule has 0 saturated heterocycles. The molecular formula is C11H7ClF3N3O. The molecule has 0 radical (unpaired) electrons. The van der Waals surface area contributed by atoms with E-state index in [2.05, 4.69) is 15.1 Å². The van der Waals surface area contributed by atoms with E-state index in [-0.39, 0.29) is 40.3 Å². The fourth-order valence-corrected chi connectivity index (χ4v) is 2.55. The van der Waals surface area contributed by atoms with Gasteiger partial charge in [-0.15, -0.1) is 4.91 Å². The first kappa shape index (κ1) is 12.4. The van der Waals surface area contributed by atoms with Gasteiger partial charge in [0.15, 0.2) is 0 Å². The normalized spacial score (nSPS) is 17.7. The van der Waals surface area contributed by atoms with Gasteiger partial charge in [0, 0.05) is 12.3 Å². The Labute approximate surface area is 109 Å². The smallest absolute Gasteiger partial charge is 0.346 e. The summed E-state index contributed by atoms with van der Waals surface area (Å²) in [5, 5.41) is 2.87. The van der Waals surface area contributed by atoms with Gasteiger partial charge in [0.05, 0.1) is 10.8 Å². The summed E-state index contributed by atoms with van der Waals surface area (Å²) in [5.41, 5.74) is -1.84. The number of fused-ring (bicyclic) bond motifs is 1. The van der Waals surface area contributed by atoms with Crippen LogP contribution in [0.5, 0.6) is 0 Å². The predicted octanol–water partition coefficient (Wildman–Crippen LogP) is 4.21. The highest BCUT2D eigenvalue weighted by Gasteiger charge is 2.65. The molecule has 1 N–H and O–H groups in total. The second-order valence-corrected chi connectivity index (χ2v) is 4.95. The minimum absolute atomic E-state index is 0.00434. The van der Waals surface area contributed by atoms with E-state index in [9.17, 15) is 18.1 Å². The Hall–Kier alpha value is -1.63. The molecule has 0 bridgehead atoms. The summed E-state index contributed by atoms with van der Waals surface area (Å²) in [5.74, 6) is 0. The molecule has 0 atom stereocenters. The van der Waals surface area contributed by atoms with Gasteiger partial charge in [-0.1, -0.05) is 11.6 Å². The summed E-state index contributed by atoms with van der Waals surface area (Å²) in [4.78, 5) is 17.3. The Morgan fingerprint density at radius 2 is 2.11 bits per heavy atom. The van der Waals surface area contributed by atoms with Crippen LogP contribution in [-0.4, -0.2) is 16.1 Å². The molecule has 2 aromatic heterocycles. The lowest BCUT2D eigenvalue weighted by Crippen LogP contribution is -2.28. The Morgan fingerprint density at radius 1 is 1.42 bits per heavy atom. The molecule has 0 aromatic carbocycles. The maximum absolute atomic E-state index is 13.1. The van der Waals surface area contributed by atoms with E-state index >= 15 is 0 Å². The summed E-state index contributed by atoms with van der Waals surface area (Å²) in [6.45, 7) is 0. The first-order valence-electron chi connectivity index (χ1n) is 5.47. The molecule has 100 valence electrons. The number of H-pyrrole nitrogens is 1. The van der Waals surface area contributed by atoms with Crippen molar-refractivity contribution in [1.82, 2.24) is 9.97 Å². The quantitative estimate of drug-likeness (QED) is 0.665. The molecule has 2 heterocycles. The van der Waals surface area contributed by atoms with E-state index in [1.54, 1.807) is 0 Å². The van der Waals surface area contributed by atoms with Crippen LogP contribution in [0.1, 0.15) is 18.4 Å². The third kappa shape index (κ3) is 1.64. The van der Waals surface area contributed by atoms with Crippen molar-refractivity contribution >= 4 is 28.3 Å². The number of aromatic nitrogens is 2. The Bertz CT molecular complexity index is 676. The second kappa shape index (κ2) is 3.69. The molecule has 0 amide bonds. The molecule has 0 spiro atoms. The van der Waals surface area contributed by atoms with Crippen LogP contribution in [0, 0.1) is 4.91 Å². The lowest BCUT2D eigenvalue weighted by Gasteiger charge is -2.18. The van der Waals surface area contributed by atoms with E-state index in [0.29, 0.717) is 0 Å². The first-order valence-corrected chi connectivity index (χ1v) is 5.85. The first-order chi connectivity index (χ1) is 8.89. The van der Waals surface area contributed by atoms with E-state index < -0.39 is 11.6 Å². The molecule has 19 heavy (non-hydrogen) atoms. The molecule has 1 saturated carbocycles. The zero-order valence-corrected chi connectivity index (χ0v) is 10.1. The van der Waals surface area contributed by atoms with Crippen LogP contribution < -0.4 is 0 Å². The molecule has 0 aliphatic heterocycles. The number of halogens is 4. The summed E-state index contributed by atoms with van der Waals surface area (Å²) in [6, 6.07) is 1.17. The number of hydrogen-bond donors (Lipinski definition) is 1. The van der Waals surface area contributed by atoms with Crippen molar-refractivity contribution in [3.63, 3.8) is 0 Å². The van der Waals surface area contributed by atoms with E-state index in [4.69, 9.17) is 11.6 Å². The molecular weight excluding hydrogens is 283 g/mol. The molecule has 0 unspecified atom stereocenters. The van der Waals surface area contributed by atoms with E-state index in [0.717, 1.165) is 0 Å². The van der Waals surface area contributed by atoms with Crippen LogP contribution in [0.4, 0.5) is 18.9 Å². The molecule has 1 aliphatic carbocycles. The molecule has 4 nitrogen and oxygen atoms in total. The number of nitroso groups, excluding NO2 is 1. The topological polar surface area (TPSA) is 58.1 Å². The van der Waals surface area contributed by atoms with Crippen molar-refractivity contribution in [3.05, 3.63) is 27.9 Å². The van der Waals surface area contributed by atoms with Crippen LogP contribution in [-0.2, 0) is 5.41 Å². The summed E-state index contributed by atoms with van der Waals surface area (Å²) in [7, 11) is 0. The Balaban J connectivity index is 2.30. The molecule has 1 fully saturated rings. The second-order valence-electron chi connectivity index (χ2n) is 4.56. The van der Waals surface area contributed by atoms with Crippen LogP contribution in [0.2, 0.25) is 5.15 Å². The zero-order valence-electron chi connectivity index (χ0n) is 9.38. The van der Waals surface area contributed by atoms with Crippen molar-refractivity contribution in [2.75, 3.05) is 0 Å². The van der Waals surface area contributed by atoms with Crippen molar-refractivity contribution < 1.29 is 13.2 Å². The predicted molar refractivity (Wildman–Crippen MR) is 63.5 cm³/mol. The lowest BCUT2D eigenvalue weighted by atomic mass is 9.95. The minimum atomic E-state index is -4.36. The summed E-state index contributed by atoms with van der Waals surface area (Å²) < 4.78 is 39.4. The monoisotopic (exact) mass is 289 g/mol. The van der Waals surface area contributed by atoms with Gasteiger partial charge < -0.3 is 4.98 Å². The molecule has 2 aromatic rings. The van der Waals surface area contributed by atoms with Crippen molar-refractivity contribution in [1.29, 1.82) is 0 Å². The van der Waals surface area contributed by atoms with Gasteiger partial charge in [-0.05, 0) is 23.6 Å². The number of rotatable bonds is 2. The average Bonchev–Trinajstić information content (AvgIpc) is 3.04. The van der Waals surface area contributed by atoms with Crippen molar-refractivity contribution in [2.45, 2.75) is 24.4 Å². The highest BCUT2D eigenvalue weighted by molar-refractivity contribution is 6.30. The standard InChI is InChI=1S/C11H7ClF3N3O/c12-7-3-6(18-19)8-5(4-16-9(8)17-7)10(1-2-10)11(13,14)15/h3-4H,1-2H2,(H,16,17). The highest BCUT2D eigenvalue weighted by atomic mass is 35.5. The van der Waals surface area contributed by atoms with Gasteiger partial charge in [-0.3, -0.25) is 0 Å². The maximum atomic E-state index is 13.1. The van der Waals surface area contributed by atoms with E-state index in [1.165, 1.54) is 12.3 Å². The third-order valence-corrected chi connectivity index (χ3v) is 3.69. The number of nitrogens with zero attached hydrogens (tertiary/aromatic N) is 2. The van der Waals surface area contributed by atoms with E-state index in [1.807, 2.05) is 0 Å². The van der Waals surface area contributed by atoms with Crippen LogP contribution in [0.25, 0.3) is 11.0 Å². The van der Waals surface area contributed by atoms with Crippen molar-refractivity contribution in [2.24, 2.45) is 5.18 Å². The number of aromatic amines is 1. The summed E-state index contributed by atoms with van der Waals surface area (Å²) in [6.07, 6.45) is -3.11. The van der Waals surface area contributed by atoms with Gasteiger partial charge in [0.1, 0.15) is 16.5 Å². The van der Waals surface area contributed by atoms with Crippen LogP contribution in [0.15, 0.2) is 17.4 Å². The maximum Gasteiger partial charge on any atom is 0.398 e. The number of nitrogens with one attached hydrogen (secondary N) is 1. The molecule has 1 aliphatic rings. The average molecular weight is 290 g/mol. The lowest BCUT2D eigenvalue weighted by molar-refractivity contribution is -0.160. The van der Waals surface area contributed by atoms with Gasteiger partial charge in [-0.2, -0.15) is 13.2 Å². The number of pyridine rings is 1. The minimum Gasteiger partial charge on any atom is -0.346 e. The van der Waals surface area contributed by atoms with Gasteiger partial charge in [-0.25, -0.2) is 4.98 Å². The van der Waals surface area contributed by atoms with Crippen LogP contribution in [0.3, 0.4) is 0 Å². The van der Waals surface area contributed by atoms with Gasteiger partial charge in [0.2, 0.25) is 0 Å². The summed E-state index contributed by atoms with van der Waals surface area (Å²) >= 11 is 5.68. The fraction of sp³-hybridized carbons (Fsp3) is 0.364. The number of hydrogen-bond acceptors (Lipinski definition) is 3. The zero-order chi connectivity index (χ0) is 13.8. The molecule has 8 heteroatoms. The van der Waals surface area contributed by atoms with Gasteiger partial charge >= 0.3 is 6.18 Å². The Morgan fingerprint density at radius 3 is 2.63 bits per heavy atom. The van der Waals surface area contributed by atoms with Crippen molar-refractivity contribution in [3.8, 4) is 0 Å². The Kier molecular flexibility index (Phi) is 2.41. The highest BCUT2D eigenvalue weighted by Crippen LogP contribution is 2.60. The molecule has 3 rings (SSSR count). The third-order valence-electron chi connectivity index (χ3n) is 3.50. The number of alkyl halides is 3.